The minimum Gasteiger partial charge on any atom is -0.427 e. The summed E-state index contributed by atoms with van der Waals surface area (Å²) in [5.74, 6) is -0.380. The number of rotatable bonds is 13. The summed E-state index contributed by atoms with van der Waals surface area (Å²) in [6.07, 6.45) is 5.03. The van der Waals surface area contributed by atoms with Crippen molar-refractivity contribution in [1.82, 2.24) is 14.8 Å². The molecule has 1 N–H and O–H groups in total. The molecule has 2 aromatic carbocycles. The lowest BCUT2D eigenvalue weighted by atomic mass is 10.1. The van der Waals surface area contributed by atoms with E-state index in [2.05, 4.69) is 12.2 Å². The molecule has 3 rings (SSSR count). The van der Waals surface area contributed by atoms with Crippen molar-refractivity contribution in [3.8, 4) is 5.75 Å². The molecule has 0 radical (unpaired) electrons. The van der Waals surface area contributed by atoms with Gasteiger partial charge in [-0.05, 0) is 74.2 Å². The lowest BCUT2D eigenvalue weighted by Crippen LogP contribution is -2.27. The molecule has 0 bridgehead atoms. The van der Waals surface area contributed by atoms with Gasteiger partial charge in [0, 0.05) is 55.1 Å². The number of unbranched alkanes of at least 4 members (excludes halogenated alkanes) is 3. The minimum atomic E-state index is -0.457. The Labute approximate surface area is 240 Å². The van der Waals surface area contributed by atoms with Crippen LogP contribution in [0.2, 0.25) is 5.02 Å². The molecular formula is C31H38ClN3O5. The van der Waals surface area contributed by atoms with Gasteiger partial charge in [-0.2, -0.15) is 0 Å². The smallest absolute Gasteiger partial charge is 0.308 e. The predicted molar refractivity (Wildman–Crippen MR) is 157 cm³/mol. The lowest BCUT2D eigenvalue weighted by Gasteiger charge is -2.16. The summed E-state index contributed by atoms with van der Waals surface area (Å²) in [7, 11) is 1.84. The van der Waals surface area contributed by atoms with Crippen LogP contribution in [0, 0.1) is 6.92 Å². The van der Waals surface area contributed by atoms with Crippen molar-refractivity contribution < 1.29 is 23.9 Å². The molecule has 0 aliphatic carbocycles. The van der Waals surface area contributed by atoms with E-state index in [4.69, 9.17) is 16.3 Å². The maximum atomic E-state index is 13.5. The fourth-order valence-electron chi connectivity index (χ4n) is 4.64. The number of hydrogen-bond acceptors (Lipinski definition) is 5. The van der Waals surface area contributed by atoms with Gasteiger partial charge in [0.2, 0.25) is 11.8 Å². The Balaban J connectivity index is 1.69. The molecule has 0 atom stereocenters. The number of esters is 1. The number of aromatic nitrogens is 1. The average molecular weight is 568 g/mol. The highest BCUT2D eigenvalue weighted by Crippen LogP contribution is 2.31. The predicted octanol–water partition coefficient (Wildman–Crippen LogP) is 5.69. The first-order chi connectivity index (χ1) is 19.1. The lowest BCUT2D eigenvalue weighted by molar-refractivity contribution is -0.132. The minimum absolute atomic E-state index is 0.0630. The van der Waals surface area contributed by atoms with Crippen LogP contribution in [0.3, 0.4) is 0 Å². The molecule has 40 heavy (non-hydrogen) atoms. The summed E-state index contributed by atoms with van der Waals surface area (Å²) in [6, 6.07) is 11.7. The normalized spacial score (nSPS) is 10.9. The van der Waals surface area contributed by atoms with Gasteiger partial charge in [-0.25, -0.2) is 0 Å². The SMILES string of the molecule is CCCCN(C)C(=O)CCCCCNC(=O)Cc1c(C)n(C(=O)c2ccc(Cl)cc2)c2ccc(OC(C)=O)cc12. The molecule has 1 heterocycles. The van der Waals surface area contributed by atoms with Gasteiger partial charge in [-0.1, -0.05) is 31.4 Å². The van der Waals surface area contributed by atoms with Crippen molar-refractivity contribution in [2.24, 2.45) is 0 Å². The molecule has 9 heteroatoms. The molecule has 8 nitrogen and oxygen atoms in total. The number of ether oxygens (including phenoxy) is 1. The second-order valence-corrected chi connectivity index (χ2v) is 10.4. The molecule has 0 unspecified atom stereocenters. The van der Waals surface area contributed by atoms with Crippen LogP contribution in [0.5, 0.6) is 5.75 Å². The van der Waals surface area contributed by atoms with Gasteiger partial charge in [0.1, 0.15) is 5.75 Å². The largest absolute Gasteiger partial charge is 0.427 e. The molecule has 1 aromatic heterocycles. The Morgan fingerprint density at radius 1 is 1.00 bits per heavy atom. The first-order valence-corrected chi connectivity index (χ1v) is 14.1. The number of carbonyl (C=O) groups excluding carboxylic acids is 4. The van der Waals surface area contributed by atoms with Crippen LogP contribution >= 0.6 is 11.6 Å². The zero-order valence-electron chi connectivity index (χ0n) is 23.7. The molecule has 0 aliphatic rings. The number of halogens is 1. The van der Waals surface area contributed by atoms with Gasteiger partial charge in [-0.15, -0.1) is 0 Å². The standard InChI is InChI=1S/C31H38ClN3O5/c1-5-6-18-34(4)30(38)10-8-7-9-17-33-29(37)20-26-21(2)35(31(39)23-11-13-24(32)14-12-23)28-16-15-25(19-27(26)28)40-22(3)36/h11-16,19H,5-10,17-18,20H2,1-4H3,(H,33,37). The highest BCUT2D eigenvalue weighted by molar-refractivity contribution is 6.30. The molecular weight excluding hydrogens is 530 g/mol. The Morgan fingerprint density at radius 3 is 2.40 bits per heavy atom. The molecule has 214 valence electrons. The first-order valence-electron chi connectivity index (χ1n) is 13.8. The summed E-state index contributed by atoms with van der Waals surface area (Å²) < 4.78 is 6.84. The third-order valence-corrected chi connectivity index (χ3v) is 7.11. The Morgan fingerprint density at radius 2 is 1.73 bits per heavy atom. The number of amides is 2. The van der Waals surface area contributed by atoms with Crippen LogP contribution in [-0.2, 0) is 20.8 Å². The van der Waals surface area contributed by atoms with Gasteiger partial charge in [0.05, 0.1) is 11.9 Å². The van der Waals surface area contributed by atoms with Crippen molar-refractivity contribution in [2.75, 3.05) is 20.1 Å². The number of fused-ring (bicyclic) bond motifs is 1. The van der Waals surface area contributed by atoms with E-state index in [9.17, 15) is 19.2 Å². The first kappa shape index (κ1) is 30.9. The van der Waals surface area contributed by atoms with Crippen LogP contribution < -0.4 is 10.1 Å². The van der Waals surface area contributed by atoms with E-state index in [1.54, 1.807) is 58.9 Å². The second-order valence-electron chi connectivity index (χ2n) is 9.99. The molecule has 0 aliphatic heterocycles. The van der Waals surface area contributed by atoms with Crippen molar-refractivity contribution in [3.63, 3.8) is 0 Å². The summed E-state index contributed by atoms with van der Waals surface area (Å²) in [5.41, 5.74) is 2.39. The van der Waals surface area contributed by atoms with Gasteiger partial charge >= 0.3 is 5.97 Å². The van der Waals surface area contributed by atoms with Crippen LogP contribution in [0.25, 0.3) is 10.9 Å². The fourth-order valence-corrected chi connectivity index (χ4v) is 4.76. The van der Waals surface area contributed by atoms with E-state index in [1.165, 1.54) is 6.92 Å². The second kappa shape index (κ2) is 14.7. The summed E-state index contributed by atoms with van der Waals surface area (Å²) in [4.78, 5) is 51.9. The summed E-state index contributed by atoms with van der Waals surface area (Å²) in [6.45, 7) is 6.51. The Hall–Kier alpha value is -3.65. The van der Waals surface area contributed by atoms with Crippen LogP contribution in [0.15, 0.2) is 42.5 Å². The van der Waals surface area contributed by atoms with Crippen LogP contribution in [0.1, 0.15) is 74.0 Å². The zero-order valence-corrected chi connectivity index (χ0v) is 24.5. The van der Waals surface area contributed by atoms with Crippen molar-refractivity contribution >= 4 is 46.2 Å². The highest BCUT2D eigenvalue weighted by Gasteiger charge is 2.22. The zero-order chi connectivity index (χ0) is 29.2. The van der Waals surface area contributed by atoms with E-state index in [1.807, 2.05) is 7.05 Å². The molecule has 0 spiro atoms. The maximum absolute atomic E-state index is 13.5. The van der Waals surface area contributed by atoms with Crippen LogP contribution in [0.4, 0.5) is 0 Å². The number of benzene rings is 2. The average Bonchev–Trinajstić information content (AvgIpc) is 3.18. The number of nitrogens with one attached hydrogen (secondary N) is 1. The summed E-state index contributed by atoms with van der Waals surface area (Å²) in [5, 5.41) is 4.15. The van der Waals surface area contributed by atoms with Gasteiger partial charge in [0.25, 0.3) is 5.91 Å². The quantitative estimate of drug-likeness (QED) is 0.162. The number of nitrogens with zero attached hydrogens (tertiary/aromatic N) is 2. The molecule has 3 aromatic rings. The highest BCUT2D eigenvalue weighted by atomic mass is 35.5. The van der Waals surface area contributed by atoms with Gasteiger partial charge in [-0.3, -0.25) is 23.7 Å². The maximum Gasteiger partial charge on any atom is 0.308 e. The van der Waals surface area contributed by atoms with E-state index in [0.29, 0.717) is 51.5 Å². The molecule has 0 saturated carbocycles. The fraction of sp³-hybridized carbons (Fsp3) is 0.419. The number of carbonyl (C=O) groups is 4. The van der Waals surface area contributed by atoms with E-state index < -0.39 is 5.97 Å². The van der Waals surface area contributed by atoms with E-state index in [0.717, 1.165) is 38.6 Å². The van der Waals surface area contributed by atoms with E-state index in [-0.39, 0.29) is 24.1 Å². The van der Waals surface area contributed by atoms with Crippen LogP contribution in [-0.4, -0.2) is 53.3 Å². The molecule has 0 fully saturated rings. The number of hydrogen-bond donors (Lipinski definition) is 1. The molecule has 2 amide bonds. The monoisotopic (exact) mass is 567 g/mol. The van der Waals surface area contributed by atoms with Gasteiger partial charge < -0.3 is 15.0 Å². The Kier molecular flexibility index (Phi) is 11.3. The van der Waals surface area contributed by atoms with Crippen molar-refractivity contribution in [3.05, 3.63) is 64.3 Å². The van der Waals surface area contributed by atoms with Gasteiger partial charge in [0.15, 0.2) is 0 Å². The van der Waals surface area contributed by atoms with E-state index >= 15 is 0 Å². The third kappa shape index (κ3) is 8.18. The Bertz CT molecular complexity index is 1360. The topological polar surface area (TPSA) is 97.7 Å². The van der Waals surface area contributed by atoms with Crippen molar-refractivity contribution in [2.45, 2.75) is 65.7 Å². The van der Waals surface area contributed by atoms with Crippen molar-refractivity contribution in [1.29, 1.82) is 0 Å². The third-order valence-electron chi connectivity index (χ3n) is 6.86. The molecule has 0 saturated heterocycles. The summed E-state index contributed by atoms with van der Waals surface area (Å²) >= 11 is 6.00.